The van der Waals surface area contributed by atoms with Gasteiger partial charge in [0.15, 0.2) is 0 Å². The molecule has 9 nitrogen and oxygen atoms in total. The predicted molar refractivity (Wildman–Crippen MR) is 250 cm³/mol. The van der Waals surface area contributed by atoms with E-state index in [0.29, 0.717) is 12.8 Å². The number of nitrogens with two attached hydrogens (primary N) is 1. The summed E-state index contributed by atoms with van der Waals surface area (Å²) in [6.07, 6.45) is 53.1. The van der Waals surface area contributed by atoms with Crippen molar-refractivity contribution in [2.75, 3.05) is 19.8 Å². The number of amides is 1. The number of unbranched alkanes of at least 4 members (excludes halogenated alkanes) is 22. The molecular formula is C49H91N2O7P. The third-order valence-corrected chi connectivity index (χ3v) is 11.3. The molecule has 0 aliphatic heterocycles. The van der Waals surface area contributed by atoms with E-state index in [4.69, 9.17) is 14.8 Å². The molecule has 6 N–H and O–H groups in total. The van der Waals surface area contributed by atoms with Gasteiger partial charge < -0.3 is 26.2 Å². The minimum absolute atomic E-state index is 0.0404. The number of carbonyl (C=O) groups excluding carboxylic acids is 1. The van der Waals surface area contributed by atoms with Gasteiger partial charge in [-0.3, -0.25) is 13.8 Å². The van der Waals surface area contributed by atoms with Crippen molar-refractivity contribution in [3.63, 3.8) is 0 Å². The number of aliphatic hydroxyl groups excluding tert-OH is 2. The summed E-state index contributed by atoms with van der Waals surface area (Å²) >= 11 is 0. The number of allylic oxidation sites excluding steroid dienone is 9. The smallest absolute Gasteiger partial charge is 0.393 e. The number of carbonyl (C=O) groups is 1. The fourth-order valence-corrected chi connectivity index (χ4v) is 7.53. The molecule has 0 aliphatic rings. The van der Waals surface area contributed by atoms with Crippen LogP contribution < -0.4 is 11.1 Å². The van der Waals surface area contributed by atoms with Crippen LogP contribution in [0.3, 0.4) is 0 Å². The summed E-state index contributed by atoms with van der Waals surface area (Å²) in [5.41, 5.74) is 5.37. The van der Waals surface area contributed by atoms with Crippen molar-refractivity contribution in [2.45, 2.75) is 225 Å². The molecule has 0 aliphatic carbocycles. The highest BCUT2D eigenvalue weighted by Crippen LogP contribution is 2.43. The number of hydrogen-bond donors (Lipinski definition) is 5. The second-order valence-electron chi connectivity index (χ2n) is 16.1. The summed E-state index contributed by atoms with van der Waals surface area (Å²) in [6.45, 7) is 3.84. The zero-order chi connectivity index (χ0) is 43.3. The second-order valence-corrected chi connectivity index (χ2v) is 17.6. The van der Waals surface area contributed by atoms with E-state index in [1.165, 1.54) is 116 Å². The van der Waals surface area contributed by atoms with E-state index in [0.717, 1.165) is 57.8 Å². The van der Waals surface area contributed by atoms with Crippen LogP contribution in [0.15, 0.2) is 60.8 Å². The summed E-state index contributed by atoms with van der Waals surface area (Å²) in [4.78, 5) is 22.8. The van der Waals surface area contributed by atoms with Gasteiger partial charge in [-0.05, 0) is 70.6 Å². The zero-order valence-corrected chi connectivity index (χ0v) is 38.7. The molecule has 10 heteroatoms. The lowest BCUT2D eigenvalue weighted by Gasteiger charge is -2.24. The fourth-order valence-electron chi connectivity index (χ4n) is 6.77. The Bertz CT molecular complexity index is 1130. The lowest BCUT2D eigenvalue weighted by atomic mass is 10.0. The number of phosphoric ester groups is 1. The molecule has 344 valence electrons. The number of hydrogen-bond acceptors (Lipinski definition) is 7. The maximum atomic E-state index is 12.8. The highest BCUT2D eigenvalue weighted by Gasteiger charge is 2.27. The molecule has 0 rings (SSSR count). The number of nitrogens with one attached hydrogen (secondary N) is 1. The Kier molecular flexibility index (Phi) is 42.8. The summed E-state index contributed by atoms with van der Waals surface area (Å²) in [5.74, 6) is -0.462. The number of rotatable bonds is 44. The van der Waals surface area contributed by atoms with Crippen molar-refractivity contribution in [1.29, 1.82) is 0 Å². The number of aliphatic hydroxyl groups is 2. The molecule has 0 radical (unpaired) electrons. The average molecular weight is 851 g/mol. The summed E-state index contributed by atoms with van der Waals surface area (Å²) in [7, 11) is -4.42. The second kappa shape index (κ2) is 44.2. The van der Waals surface area contributed by atoms with E-state index < -0.39 is 38.6 Å². The zero-order valence-electron chi connectivity index (χ0n) is 37.8. The normalized spacial score (nSPS) is 15.0. The highest BCUT2D eigenvalue weighted by atomic mass is 31.2. The Hall–Kier alpha value is -1.84. The van der Waals surface area contributed by atoms with Crippen molar-refractivity contribution in [1.82, 2.24) is 5.32 Å². The maximum absolute atomic E-state index is 12.8. The Morgan fingerprint density at radius 3 is 1.59 bits per heavy atom. The van der Waals surface area contributed by atoms with Crippen molar-refractivity contribution in [2.24, 2.45) is 5.73 Å². The predicted octanol–water partition coefficient (Wildman–Crippen LogP) is 12.8. The fraction of sp³-hybridized carbons (Fsp3) is 0.776. The molecule has 0 fully saturated rings. The molecule has 0 heterocycles. The van der Waals surface area contributed by atoms with Crippen LogP contribution in [0.25, 0.3) is 0 Å². The van der Waals surface area contributed by atoms with E-state index in [1.54, 1.807) is 6.08 Å². The number of phosphoric acid groups is 1. The van der Waals surface area contributed by atoms with Gasteiger partial charge in [-0.1, -0.05) is 190 Å². The van der Waals surface area contributed by atoms with E-state index in [9.17, 15) is 24.5 Å². The molecule has 0 bridgehead atoms. The van der Waals surface area contributed by atoms with Crippen molar-refractivity contribution in [3.05, 3.63) is 60.8 Å². The van der Waals surface area contributed by atoms with Crippen LogP contribution in [0.1, 0.15) is 206 Å². The van der Waals surface area contributed by atoms with E-state index in [-0.39, 0.29) is 19.6 Å². The quantitative estimate of drug-likeness (QED) is 0.0231. The molecule has 4 atom stereocenters. The monoisotopic (exact) mass is 851 g/mol. The molecule has 0 saturated carbocycles. The van der Waals surface area contributed by atoms with Crippen LogP contribution in [0.2, 0.25) is 0 Å². The summed E-state index contributed by atoms with van der Waals surface area (Å²) in [5, 5.41) is 24.1. The first-order chi connectivity index (χ1) is 28.8. The van der Waals surface area contributed by atoms with Gasteiger partial charge in [0.1, 0.15) is 0 Å². The van der Waals surface area contributed by atoms with Gasteiger partial charge in [0, 0.05) is 6.54 Å². The van der Waals surface area contributed by atoms with Gasteiger partial charge >= 0.3 is 7.82 Å². The largest absolute Gasteiger partial charge is 0.472 e. The van der Waals surface area contributed by atoms with Crippen molar-refractivity contribution in [3.8, 4) is 0 Å². The Morgan fingerprint density at radius 2 is 1.07 bits per heavy atom. The SMILES string of the molecule is CC/C=C\C/C=C\CCCCCCCCCCCCCCC(O)CC(=O)NC(COP(=O)(O)OCCN)C(O)/C=C/CC/C=C/CC/C=C/CCCCCCCCCC. The van der Waals surface area contributed by atoms with Gasteiger partial charge in [0.25, 0.3) is 0 Å². The van der Waals surface area contributed by atoms with E-state index in [1.807, 2.05) is 6.08 Å². The van der Waals surface area contributed by atoms with Crippen molar-refractivity contribution >= 4 is 13.7 Å². The Morgan fingerprint density at radius 1 is 0.610 bits per heavy atom. The van der Waals surface area contributed by atoms with Crippen LogP contribution in [-0.2, 0) is 18.4 Å². The van der Waals surface area contributed by atoms with Crippen LogP contribution in [0, 0.1) is 0 Å². The minimum atomic E-state index is -4.42. The molecule has 0 aromatic carbocycles. The average Bonchev–Trinajstić information content (AvgIpc) is 3.21. The molecule has 0 saturated heterocycles. The molecule has 4 unspecified atom stereocenters. The maximum Gasteiger partial charge on any atom is 0.472 e. The first-order valence-electron chi connectivity index (χ1n) is 24.0. The molecular weight excluding hydrogens is 760 g/mol. The summed E-state index contributed by atoms with van der Waals surface area (Å²) in [6, 6.07) is -1.01. The first kappa shape index (κ1) is 57.2. The Labute approximate surface area is 362 Å². The highest BCUT2D eigenvalue weighted by molar-refractivity contribution is 7.47. The van der Waals surface area contributed by atoms with E-state index in [2.05, 4.69) is 67.8 Å². The van der Waals surface area contributed by atoms with Crippen LogP contribution in [-0.4, -0.2) is 59.0 Å². The third-order valence-electron chi connectivity index (χ3n) is 10.4. The standard InChI is InChI=1S/C49H91N2O7P/c1-3-5-7-9-11-13-15-17-19-21-23-24-26-28-30-32-34-36-38-40-46(52)44-49(54)51-47(45-58-59(55,56)57-43-42-50)48(53)41-39-37-35-33-31-29-27-25-22-20-18-16-14-12-10-8-6-4-2/h5,7,11,13,22,25,31,33,39,41,46-48,52-53H,3-4,6,8-10,12,14-21,23-24,26-30,32,34-38,40,42-45,50H2,1-2H3,(H,51,54)(H,55,56)/b7-5-,13-11-,25-22+,33-31+,41-39+. The van der Waals surface area contributed by atoms with Gasteiger partial charge in [-0.25, -0.2) is 4.57 Å². The third kappa shape index (κ3) is 42.6. The first-order valence-corrected chi connectivity index (χ1v) is 25.5. The van der Waals surface area contributed by atoms with Gasteiger partial charge in [0.05, 0.1) is 37.9 Å². The molecule has 59 heavy (non-hydrogen) atoms. The lowest BCUT2D eigenvalue weighted by molar-refractivity contribution is -0.124. The van der Waals surface area contributed by atoms with Crippen LogP contribution in [0.5, 0.6) is 0 Å². The minimum Gasteiger partial charge on any atom is -0.393 e. The molecule has 0 aromatic rings. The van der Waals surface area contributed by atoms with Gasteiger partial charge in [-0.2, -0.15) is 0 Å². The van der Waals surface area contributed by atoms with Crippen LogP contribution >= 0.6 is 7.82 Å². The van der Waals surface area contributed by atoms with Crippen molar-refractivity contribution < 1.29 is 33.5 Å². The van der Waals surface area contributed by atoms with Gasteiger partial charge in [0.2, 0.25) is 5.91 Å². The lowest BCUT2D eigenvalue weighted by Crippen LogP contribution is -2.46. The Balaban J connectivity index is 4.31. The molecule has 0 aromatic heterocycles. The molecule has 1 amide bonds. The van der Waals surface area contributed by atoms with E-state index >= 15 is 0 Å². The molecule has 0 spiro atoms. The van der Waals surface area contributed by atoms with Gasteiger partial charge in [-0.15, -0.1) is 0 Å². The van der Waals surface area contributed by atoms with Crippen LogP contribution in [0.4, 0.5) is 0 Å². The summed E-state index contributed by atoms with van der Waals surface area (Å²) < 4.78 is 22.1. The topological polar surface area (TPSA) is 151 Å².